The van der Waals surface area contributed by atoms with Crippen molar-refractivity contribution in [3.63, 3.8) is 0 Å². The first-order chi connectivity index (χ1) is 21.0. The Morgan fingerprint density at radius 3 is 2.30 bits per heavy atom. The van der Waals surface area contributed by atoms with Gasteiger partial charge in [-0.15, -0.1) is 0 Å². The Morgan fingerprint density at radius 1 is 1.13 bits per heavy atom. The number of benzene rings is 1. The van der Waals surface area contributed by atoms with Gasteiger partial charge < -0.3 is 20.3 Å². The van der Waals surface area contributed by atoms with E-state index in [0.717, 1.165) is 0 Å². The fraction of sp³-hybridized carbons (Fsp3) is 0.630. The van der Waals surface area contributed by atoms with E-state index in [4.69, 9.17) is 16.3 Å². The van der Waals surface area contributed by atoms with Crippen LogP contribution in [0.1, 0.15) is 40.0 Å². The molecule has 2 heterocycles. The van der Waals surface area contributed by atoms with Crippen molar-refractivity contribution in [3.8, 4) is 5.75 Å². The Hall–Kier alpha value is -3.12. The molecule has 19 heteroatoms. The van der Waals surface area contributed by atoms with Gasteiger partial charge in [0.15, 0.2) is 5.78 Å². The topological polar surface area (TPSA) is 151 Å². The number of amides is 3. The third-order valence-corrected chi connectivity index (χ3v) is 9.00. The standard InChI is InChI=1S/C27H33ClF6N4O7S/c1-25(2,3)21(37-46(43,44)27(32,33)34)24(42)38-12-15(26(29,30)31)10-19(38)23(41)36-18(9-14-7-8-35-22(14)40)20(39)13-45-17-6-4-5-16(28)11-17/h4-6,11,14-15,18-19,21,37H,7-10,12-13H2,1-3H3,(H,35,40)(H,36,41)/t14-,15+,18-,19-,21+/m0/s1. The highest BCUT2D eigenvalue weighted by molar-refractivity contribution is 7.90. The summed E-state index contributed by atoms with van der Waals surface area (Å²) in [6.45, 7) is 2.01. The predicted octanol–water partition coefficient (Wildman–Crippen LogP) is 2.93. The van der Waals surface area contributed by atoms with Gasteiger partial charge in [0.1, 0.15) is 24.4 Å². The molecule has 2 aliphatic heterocycles. The van der Waals surface area contributed by atoms with Crippen molar-refractivity contribution in [2.24, 2.45) is 17.3 Å². The minimum atomic E-state index is -6.14. The molecule has 0 unspecified atom stereocenters. The number of likely N-dealkylation sites (tertiary alicyclic amines) is 1. The number of sulfonamides is 1. The minimum Gasteiger partial charge on any atom is -0.486 e. The number of hydrogen-bond donors (Lipinski definition) is 3. The molecule has 258 valence electrons. The lowest BCUT2D eigenvalue weighted by molar-refractivity contribution is -0.171. The molecule has 0 bridgehead atoms. The summed E-state index contributed by atoms with van der Waals surface area (Å²) >= 11 is 5.91. The van der Waals surface area contributed by atoms with E-state index in [2.05, 4.69) is 10.6 Å². The van der Waals surface area contributed by atoms with Gasteiger partial charge >= 0.3 is 21.7 Å². The first kappa shape index (κ1) is 37.3. The molecule has 2 fully saturated rings. The first-order valence-electron chi connectivity index (χ1n) is 14.0. The molecule has 0 spiro atoms. The summed E-state index contributed by atoms with van der Waals surface area (Å²) in [4.78, 5) is 52.9. The summed E-state index contributed by atoms with van der Waals surface area (Å²) in [5.74, 6) is -6.84. The molecule has 11 nitrogen and oxygen atoms in total. The number of nitrogens with zero attached hydrogens (tertiary/aromatic N) is 1. The zero-order chi connectivity index (χ0) is 34.8. The largest absolute Gasteiger partial charge is 0.511 e. The van der Waals surface area contributed by atoms with Crippen LogP contribution in [0.25, 0.3) is 0 Å². The third-order valence-electron chi connectivity index (χ3n) is 7.61. The number of hydrogen-bond acceptors (Lipinski definition) is 7. The zero-order valence-corrected chi connectivity index (χ0v) is 26.4. The quantitative estimate of drug-likeness (QED) is 0.300. The summed E-state index contributed by atoms with van der Waals surface area (Å²) in [5, 5.41) is 5.16. The maximum absolute atomic E-state index is 13.8. The second-order valence-electron chi connectivity index (χ2n) is 12.1. The van der Waals surface area contributed by atoms with Gasteiger partial charge in [-0.3, -0.25) is 19.2 Å². The minimum absolute atomic E-state index is 0.180. The second-order valence-corrected chi connectivity index (χ2v) is 14.3. The number of alkyl halides is 6. The number of Topliss-reactive ketones (excluding diaryl/α,β-unsaturated/α-hetero) is 1. The number of carbonyl (C=O) groups is 4. The molecule has 1 aromatic rings. The lowest BCUT2D eigenvalue weighted by Crippen LogP contribution is -2.60. The molecule has 3 N–H and O–H groups in total. The van der Waals surface area contributed by atoms with Crippen molar-refractivity contribution in [2.75, 3.05) is 19.7 Å². The van der Waals surface area contributed by atoms with Gasteiger partial charge in [-0.25, -0.2) is 8.42 Å². The van der Waals surface area contributed by atoms with Gasteiger partial charge in [0.25, 0.3) is 0 Å². The molecule has 2 aliphatic rings. The zero-order valence-electron chi connectivity index (χ0n) is 24.8. The van der Waals surface area contributed by atoms with Gasteiger partial charge in [0.05, 0.1) is 12.0 Å². The van der Waals surface area contributed by atoms with Gasteiger partial charge in [0.2, 0.25) is 17.7 Å². The third kappa shape index (κ3) is 9.24. The van der Waals surface area contributed by atoms with Crippen molar-refractivity contribution in [3.05, 3.63) is 29.3 Å². The van der Waals surface area contributed by atoms with E-state index < -0.39 is 100 Å². The van der Waals surface area contributed by atoms with E-state index >= 15 is 0 Å². The predicted molar refractivity (Wildman–Crippen MR) is 151 cm³/mol. The van der Waals surface area contributed by atoms with Crippen molar-refractivity contribution < 1.29 is 58.7 Å². The SMILES string of the molecule is CC(C)(C)[C@H](NS(=O)(=O)C(F)(F)F)C(=O)N1C[C@H](C(F)(F)F)C[C@H]1C(=O)N[C@@H](C[C@@H]1CCNC1=O)C(=O)COc1cccc(Cl)c1. The molecule has 2 saturated heterocycles. The smallest absolute Gasteiger partial charge is 0.486 e. The van der Waals surface area contributed by atoms with E-state index in [0.29, 0.717) is 4.90 Å². The average molecular weight is 707 g/mol. The van der Waals surface area contributed by atoms with Crippen LogP contribution < -0.4 is 20.1 Å². The van der Waals surface area contributed by atoms with Crippen molar-refractivity contribution in [1.29, 1.82) is 0 Å². The summed E-state index contributed by atoms with van der Waals surface area (Å²) in [6, 6.07) is 0.281. The Balaban J connectivity index is 1.91. The Labute approximate surface area is 265 Å². The number of carbonyl (C=O) groups excluding carboxylic acids is 4. The first-order valence-corrected chi connectivity index (χ1v) is 15.8. The van der Waals surface area contributed by atoms with Crippen LogP contribution in [0.4, 0.5) is 26.3 Å². The molecule has 3 rings (SSSR count). The number of nitrogens with one attached hydrogen (secondary N) is 3. The molecule has 46 heavy (non-hydrogen) atoms. The Kier molecular flexibility index (Phi) is 11.3. The highest BCUT2D eigenvalue weighted by Crippen LogP contribution is 2.38. The van der Waals surface area contributed by atoms with Gasteiger partial charge in [-0.05, 0) is 42.9 Å². The summed E-state index contributed by atoms with van der Waals surface area (Å²) < 4.78 is 112. The van der Waals surface area contributed by atoms with E-state index in [1.807, 2.05) is 0 Å². The van der Waals surface area contributed by atoms with E-state index in [-0.39, 0.29) is 30.2 Å². The van der Waals surface area contributed by atoms with Crippen LogP contribution in [0.5, 0.6) is 5.75 Å². The highest BCUT2D eigenvalue weighted by atomic mass is 35.5. The van der Waals surface area contributed by atoms with Crippen LogP contribution in [0.3, 0.4) is 0 Å². The molecule has 0 saturated carbocycles. The van der Waals surface area contributed by atoms with Crippen LogP contribution >= 0.6 is 11.6 Å². The van der Waals surface area contributed by atoms with Crippen molar-refractivity contribution in [1.82, 2.24) is 20.3 Å². The molecule has 0 aromatic heterocycles. The maximum atomic E-state index is 13.8. The van der Waals surface area contributed by atoms with Crippen molar-refractivity contribution in [2.45, 2.75) is 69.8 Å². The monoisotopic (exact) mass is 706 g/mol. The second kappa shape index (κ2) is 13.9. The van der Waals surface area contributed by atoms with Crippen LogP contribution in [0.15, 0.2) is 24.3 Å². The number of ketones is 1. The molecule has 0 aliphatic carbocycles. The number of rotatable bonds is 11. The molecular formula is C27H33ClF6N4O7S. The average Bonchev–Trinajstić information content (AvgIpc) is 3.55. The molecule has 1 aromatic carbocycles. The van der Waals surface area contributed by atoms with Crippen LogP contribution in [-0.4, -0.2) is 86.3 Å². The van der Waals surface area contributed by atoms with Gasteiger partial charge in [0, 0.05) is 24.0 Å². The molecular weight excluding hydrogens is 674 g/mol. The van der Waals surface area contributed by atoms with E-state index in [1.165, 1.54) is 43.7 Å². The molecule has 3 amide bonds. The molecule has 5 atom stereocenters. The van der Waals surface area contributed by atoms with Crippen molar-refractivity contribution >= 4 is 45.1 Å². The number of ether oxygens (including phenoxy) is 1. The summed E-state index contributed by atoms with van der Waals surface area (Å²) in [6.07, 6.45) is -5.95. The fourth-order valence-corrected chi connectivity index (χ4v) is 6.13. The fourth-order valence-electron chi connectivity index (χ4n) is 5.06. The molecule has 0 radical (unpaired) electrons. The van der Waals surface area contributed by atoms with Gasteiger partial charge in [-0.2, -0.15) is 31.1 Å². The van der Waals surface area contributed by atoms with E-state index in [1.54, 1.807) is 6.07 Å². The Morgan fingerprint density at radius 2 is 1.78 bits per heavy atom. The lowest BCUT2D eigenvalue weighted by atomic mass is 9.86. The lowest BCUT2D eigenvalue weighted by Gasteiger charge is -2.35. The summed E-state index contributed by atoms with van der Waals surface area (Å²) in [7, 11) is -6.14. The Bertz CT molecular complexity index is 1430. The summed E-state index contributed by atoms with van der Waals surface area (Å²) in [5.41, 5.74) is -7.45. The van der Waals surface area contributed by atoms with Gasteiger partial charge in [-0.1, -0.05) is 38.4 Å². The van der Waals surface area contributed by atoms with Crippen LogP contribution in [0.2, 0.25) is 5.02 Å². The number of halogens is 7. The maximum Gasteiger partial charge on any atom is 0.511 e. The van der Waals surface area contributed by atoms with Crippen LogP contribution in [-0.2, 0) is 29.2 Å². The highest BCUT2D eigenvalue weighted by Gasteiger charge is 2.55. The normalized spacial score (nSPS) is 22.3. The van der Waals surface area contributed by atoms with Crippen LogP contribution in [0, 0.1) is 17.3 Å². The van der Waals surface area contributed by atoms with E-state index in [9.17, 15) is 53.9 Å².